The zero-order valence-corrected chi connectivity index (χ0v) is 38.6. The van der Waals surface area contributed by atoms with E-state index >= 15 is 0 Å². The maximum atomic E-state index is 5.55. The molecule has 0 saturated carbocycles. The number of hydrogen-bond acceptors (Lipinski definition) is 7. The fraction of sp³-hybridized carbons (Fsp3) is 0.115. The van der Waals surface area contributed by atoms with E-state index in [9.17, 15) is 0 Å². The van der Waals surface area contributed by atoms with Gasteiger partial charge in [-0.15, -0.1) is 0 Å². The van der Waals surface area contributed by atoms with E-state index in [1.165, 1.54) is 43.1 Å². The average Bonchev–Trinajstić information content (AvgIpc) is 3.90. The third-order valence-electron chi connectivity index (χ3n) is 12.4. The van der Waals surface area contributed by atoms with E-state index in [1.807, 2.05) is 0 Å². The molecule has 10 heteroatoms. The molecule has 0 atom stereocenters. The molecule has 0 saturated heterocycles. The number of nitrogens with zero attached hydrogens (tertiary/aromatic N) is 7. The lowest BCUT2D eigenvalue weighted by atomic mass is 9.96. The van der Waals surface area contributed by atoms with Crippen molar-refractivity contribution in [3.05, 3.63) is 184 Å². The summed E-state index contributed by atoms with van der Waals surface area (Å²) in [6.45, 7) is 13.3. The summed E-state index contributed by atoms with van der Waals surface area (Å²) >= 11 is 0. The van der Waals surface area contributed by atoms with Gasteiger partial charge in [-0.2, -0.15) is 0 Å². The molecule has 0 radical (unpaired) electrons. The van der Waals surface area contributed by atoms with E-state index in [0.717, 1.165) is 71.5 Å². The van der Waals surface area contributed by atoms with Gasteiger partial charge in [0.05, 0.1) is 49.2 Å². The Bertz CT molecular complexity index is 3880. The Balaban J connectivity index is 1.11. The SMILES string of the molecule is C[Si]1(C)N=c2cccc(N(c3ccc(-c4ccc5c(ccc6ccccc65)c4)c4c3=N[Si](C)(C)N=4)c3ccc(-c4ccc5ccc6ccccc6c5c4)c4c3=N[Si](C)(C)N=4)c2=N1. The van der Waals surface area contributed by atoms with Crippen LogP contribution in [0.4, 0.5) is 17.1 Å². The largest absolute Gasteiger partial charge is 0.304 e. The fourth-order valence-electron chi connectivity index (χ4n) is 9.79. The number of hydrogen-bond donors (Lipinski definition) is 0. The first-order valence-corrected chi connectivity index (χ1v) is 30.1. The minimum absolute atomic E-state index is 0.909. The van der Waals surface area contributed by atoms with Crippen LogP contribution in [0.15, 0.2) is 180 Å². The van der Waals surface area contributed by atoms with Crippen LogP contribution in [0.5, 0.6) is 0 Å². The molecule has 9 aromatic carbocycles. The zero-order chi connectivity index (χ0) is 42.1. The van der Waals surface area contributed by atoms with E-state index in [4.69, 9.17) is 27.9 Å². The molecule has 3 aliphatic heterocycles. The molecule has 3 aliphatic rings. The Morgan fingerprint density at radius 1 is 0.323 bits per heavy atom. The molecule has 0 amide bonds. The molecule has 0 aromatic heterocycles. The Kier molecular flexibility index (Phi) is 7.85. The van der Waals surface area contributed by atoms with Crippen molar-refractivity contribution in [1.29, 1.82) is 0 Å². The van der Waals surface area contributed by atoms with E-state index < -0.39 is 25.2 Å². The van der Waals surface area contributed by atoms with Gasteiger partial charge in [-0.05, 0) is 130 Å². The van der Waals surface area contributed by atoms with Gasteiger partial charge in [0.2, 0.25) is 0 Å². The quantitative estimate of drug-likeness (QED) is 0.126. The highest BCUT2D eigenvalue weighted by atomic mass is 28.4. The van der Waals surface area contributed by atoms with Gasteiger partial charge in [0.1, 0.15) is 0 Å². The molecular formula is C52H43N7Si3. The molecule has 0 fully saturated rings. The zero-order valence-electron chi connectivity index (χ0n) is 35.6. The highest BCUT2D eigenvalue weighted by molar-refractivity contribution is 6.75. The van der Waals surface area contributed by atoms with Crippen LogP contribution >= 0.6 is 0 Å². The van der Waals surface area contributed by atoms with Gasteiger partial charge in [-0.3, -0.25) is 27.9 Å². The van der Waals surface area contributed by atoms with Crippen molar-refractivity contribution in [2.45, 2.75) is 39.3 Å². The summed E-state index contributed by atoms with van der Waals surface area (Å²) < 4.78 is 32.6. The Labute approximate surface area is 361 Å². The lowest BCUT2D eigenvalue weighted by molar-refractivity contribution is 1.17. The van der Waals surface area contributed by atoms with Crippen molar-refractivity contribution >= 4 is 85.3 Å². The summed E-state index contributed by atoms with van der Waals surface area (Å²) in [7, 11) is -7.07. The highest BCUT2D eigenvalue weighted by Crippen LogP contribution is 2.35. The second-order valence-electron chi connectivity index (χ2n) is 18.2. The smallest absolute Gasteiger partial charge is 0.298 e. The predicted octanol–water partition coefficient (Wildman–Crippen LogP) is 9.97. The summed E-state index contributed by atoms with van der Waals surface area (Å²) in [5.74, 6) is 0. The lowest BCUT2D eigenvalue weighted by Crippen LogP contribution is -2.38. The molecule has 12 rings (SSSR count). The van der Waals surface area contributed by atoms with Crippen LogP contribution in [0.1, 0.15) is 0 Å². The third kappa shape index (κ3) is 5.88. The van der Waals surface area contributed by atoms with Crippen molar-refractivity contribution in [3.63, 3.8) is 0 Å². The van der Waals surface area contributed by atoms with Gasteiger partial charge in [-0.1, -0.05) is 115 Å². The van der Waals surface area contributed by atoms with Crippen LogP contribution in [-0.4, -0.2) is 25.2 Å². The van der Waals surface area contributed by atoms with E-state index in [0.29, 0.717) is 0 Å². The molecular weight excluding hydrogens is 807 g/mol. The average molecular weight is 850 g/mol. The topological polar surface area (TPSA) is 77.4 Å². The van der Waals surface area contributed by atoms with Gasteiger partial charge in [-0.25, -0.2) is 0 Å². The lowest BCUT2D eigenvalue weighted by Gasteiger charge is -2.26. The van der Waals surface area contributed by atoms with Crippen LogP contribution in [0.2, 0.25) is 39.3 Å². The Morgan fingerprint density at radius 2 is 0.774 bits per heavy atom. The van der Waals surface area contributed by atoms with Crippen LogP contribution in [0.3, 0.4) is 0 Å². The van der Waals surface area contributed by atoms with E-state index in [2.05, 4.69) is 196 Å². The molecule has 0 unspecified atom stereocenters. The maximum Gasteiger partial charge on any atom is 0.298 e. The molecule has 62 heavy (non-hydrogen) atoms. The normalized spacial score (nSPS) is 16.1. The van der Waals surface area contributed by atoms with Crippen molar-refractivity contribution in [3.8, 4) is 22.3 Å². The molecule has 0 bridgehead atoms. The summed E-state index contributed by atoms with van der Waals surface area (Å²) in [6, 6.07) is 55.1. The third-order valence-corrected chi connectivity index (χ3v) is 17.1. The van der Waals surface area contributed by atoms with E-state index in [-0.39, 0.29) is 0 Å². The van der Waals surface area contributed by atoms with Crippen molar-refractivity contribution in [2.24, 2.45) is 27.9 Å². The first-order chi connectivity index (χ1) is 29.9. The van der Waals surface area contributed by atoms with Gasteiger partial charge in [0.25, 0.3) is 25.2 Å². The summed E-state index contributed by atoms with van der Waals surface area (Å²) in [6.07, 6.45) is 0. The molecule has 7 nitrogen and oxygen atoms in total. The van der Waals surface area contributed by atoms with Crippen molar-refractivity contribution in [1.82, 2.24) is 0 Å². The van der Waals surface area contributed by atoms with Crippen LogP contribution in [-0.2, 0) is 0 Å². The number of benzene rings is 9. The maximum absolute atomic E-state index is 5.55. The number of anilines is 3. The Morgan fingerprint density at radius 3 is 1.42 bits per heavy atom. The molecule has 9 aromatic rings. The van der Waals surface area contributed by atoms with E-state index in [1.54, 1.807) is 0 Å². The minimum Gasteiger partial charge on any atom is -0.304 e. The number of fused-ring (bicyclic) bond motifs is 9. The monoisotopic (exact) mass is 849 g/mol. The fourth-order valence-corrected chi connectivity index (χ4v) is 14.6. The molecule has 0 N–H and O–H groups in total. The second-order valence-corrected chi connectivity index (χ2v) is 28.5. The standard InChI is InChI=1S/C52H43N7Si3/c1-60(2)53-44-16-11-17-45(50(44)56-60)59(46-28-26-41(48-51(46)57-61(3,4)54-48)36-24-25-40-35(30-36)22-20-32-12-7-9-14-38(32)40)47-29-27-42(49-52(47)58-62(5,6)55-49)37-23-21-34-19-18-33-13-8-10-15-39(33)43(34)31-37/h7-31H,1-6H3. The first kappa shape index (κ1) is 37.1. The van der Waals surface area contributed by atoms with Gasteiger partial charge in [0, 0.05) is 11.1 Å². The van der Waals surface area contributed by atoms with Crippen LogP contribution in [0, 0.1) is 0 Å². The summed E-state index contributed by atoms with van der Waals surface area (Å²) in [5, 5.41) is 15.5. The second kappa shape index (κ2) is 13.1. The summed E-state index contributed by atoms with van der Waals surface area (Å²) in [4.78, 5) is 2.35. The van der Waals surface area contributed by atoms with Crippen LogP contribution < -0.4 is 37.0 Å². The Hall–Kier alpha value is -6.73. The van der Waals surface area contributed by atoms with Gasteiger partial charge < -0.3 is 4.90 Å². The molecule has 0 aliphatic carbocycles. The van der Waals surface area contributed by atoms with Crippen molar-refractivity contribution < 1.29 is 0 Å². The predicted molar refractivity (Wildman–Crippen MR) is 261 cm³/mol. The van der Waals surface area contributed by atoms with Crippen LogP contribution in [0.25, 0.3) is 65.3 Å². The van der Waals surface area contributed by atoms with Gasteiger partial charge in [0.15, 0.2) is 0 Å². The number of rotatable bonds is 5. The first-order valence-electron chi connectivity index (χ1n) is 21.4. The minimum atomic E-state index is -2.41. The van der Waals surface area contributed by atoms with Gasteiger partial charge >= 0.3 is 0 Å². The highest BCUT2D eigenvalue weighted by Gasteiger charge is 2.33. The van der Waals surface area contributed by atoms with Crippen molar-refractivity contribution in [2.75, 3.05) is 4.90 Å². The molecule has 0 spiro atoms. The molecule has 298 valence electrons. The summed E-state index contributed by atoms with van der Waals surface area (Å²) in [5.41, 5.74) is 7.32. The molecule has 3 heterocycles.